The van der Waals surface area contributed by atoms with E-state index in [2.05, 4.69) is 5.32 Å². The average Bonchev–Trinajstić information content (AvgIpc) is 2.43. The number of carbonyl (C=O) groups excluding carboxylic acids is 2. The first-order valence-electron chi connectivity index (χ1n) is 6.27. The van der Waals surface area contributed by atoms with Crippen molar-refractivity contribution in [1.82, 2.24) is 0 Å². The number of rotatable bonds is 3. The van der Waals surface area contributed by atoms with Gasteiger partial charge < -0.3 is 5.32 Å². The molecule has 2 aromatic carbocycles. The summed E-state index contributed by atoms with van der Waals surface area (Å²) in [6.07, 6.45) is 0. The zero-order valence-corrected chi connectivity index (χ0v) is 11.5. The van der Waals surface area contributed by atoms with E-state index in [1.165, 1.54) is 44.2 Å². The fourth-order valence-electron chi connectivity index (χ4n) is 1.92. The zero-order valence-electron chi connectivity index (χ0n) is 11.5. The Bertz CT molecular complexity index is 709. The Balaban J connectivity index is 2.37. The van der Waals surface area contributed by atoms with Gasteiger partial charge in [0, 0.05) is 18.2 Å². The van der Waals surface area contributed by atoms with Crippen molar-refractivity contribution in [3.63, 3.8) is 0 Å². The van der Waals surface area contributed by atoms with Crippen LogP contribution in [0.1, 0.15) is 28.4 Å². The zero-order chi connectivity index (χ0) is 15.6. The van der Waals surface area contributed by atoms with Crippen LogP contribution in [0.4, 0.5) is 14.5 Å². The van der Waals surface area contributed by atoms with Crippen LogP contribution in [0.15, 0.2) is 36.4 Å². The van der Waals surface area contributed by atoms with E-state index >= 15 is 0 Å². The molecule has 0 aliphatic carbocycles. The summed E-state index contributed by atoms with van der Waals surface area (Å²) in [6, 6.07) is 8.17. The van der Waals surface area contributed by atoms with Crippen LogP contribution in [0.25, 0.3) is 0 Å². The Morgan fingerprint density at radius 1 is 1.00 bits per heavy atom. The molecule has 0 aromatic heterocycles. The molecule has 0 fully saturated rings. The lowest BCUT2D eigenvalue weighted by Crippen LogP contribution is -2.10. The van der Waals surface area contributed by atoms with Crippen LogP contribution in [0.3, 0.4) is 0 Å². The number of amides is 1. The predicted molar refractivity (Wildman–Crippen MR) is 75.3 cm³/mol. The number of benzene rings is 2. The maximum absolute atomic E-state index is 13.9. The third-order valence-corrected chi connectivity index (χ3v) is 2.98. The highest BCUT2D eigenvalue weighted by Crippen LogP contribution is 2.21. The lowest BCUT2D eigenvalue weighted by Gasteiger charge is -2.07. The predicted octanol–water partition coefficient (Wildman–Crippen LogP) is 3.46. The first-order chi connectivity index (χ1) is 9.90. The Labute approximate surface area is 120 Å². The molecule has 21 heavy (non-hydrogen) atoms. The van der Waals surface area contributed by atoms with Crippen molar-refractivity contribution in [2.24, 2.45) is 0 Å². The van der Waals surface area contributed by atoms with E-state index in [4.69, 9.17) is 0 Å². The summed E-state index contributed by atoms with van der Waals surface area (Å²) in [4.78, 5) is 23.1. The molecular formula is C16H13F2NO2. The van der Waals surface area contributed by atoms with Gasteiger partial charge in [-0.25, -0.2) is 8.78 Å². The van der Waals surface area contributed by atoms with Gasteiger partial charge in [0.15, 0.2) is 5.78 Å². The molecule has 0 atom stereocenters. The minimum absolute atomic E-state index is 0.146. The van der Waals surface area contributed by atoms with Gasteiger partial charge in [-0.3, -0.25) is 9.59 Å². The molecular weight excluding hydrogens is 276 g/mol. The number of hydrogen-bond acceptors (Lipinski definition) is 2. The molecule has 0 aliphatic heterocycles. The van der Waals surface area contributed by atoms with Gasteiger partial charge in [-0.05, 0) is 42.8 Å². The van der Waals surface area contributed by atoms with Crippen LogP contribution in [0.5, 0.6) is 0 Å². The molecule has 5 heteroatoms. The van der Waals surface area contributed by atoms with E-state index in [1.807, 2.05) is 0 Å². The molecule has 2 aromatic rings. The minimum atomic E-state index is -0.894. The normalized spacial score (nSPS) is 10.3. The van der Waals surface area contributed by atoms with Crippen molar-refractivity contribution in [3.8, 4) is 0 Å². The van der Waals surface area contributed by atoms with Crippen LogP contribution < -0.4 is 5.32 Å². The van der Waals surface area contributed by atoms with Crippen molar-refractivity contribution in [3.05, 3.63) is 64.7 Å². The van der Waals surface area contributed by atoms with Gasteiger partial charge in [0.1, 0.15) is 11.6 Å². The summed E-state index contributed by atoms with van der Waals surface area (Å²) in [6.45, 7) is 2.82. The van der Waals surface area contributed by atoms with E-state index in [0.717, 1.165) is 6.07 Å². The topological polar surface area (TPSA) is 46.2 Å². The molecule has 3 nitrogen and oxygen atoms in total. The highest BCUT2D eigenvalue weighted by Gasteiger charge is 2.20. The van der Waals surface area contributed by atoms with Crippen LogP contribution in [0.2, 0.25) is 0 Å². The van der Waals surface area contributed by atoms with E-state index < -0.39 is 23.0 Å². The van der Waals surface area contributed by atoms with Gasteiger partial charge in [0.05, 0.1) is 5.56 Å². The second-order valence-electron chi connectivity index (χ2n) is 4.64. The molecule has 108 valence electrons. The fourth-order valence-corrected chi connectivity index (χ4v) is 1.92. The Hall–Kier alpha value is -2.56. The molecule has 0 aliphatic rings. The van der Waals surface area contributed by atoms with Gasteiger partial charge in [-0.2, -0.15) is 0 Å². The Morgan fingerprint density at radius 3 is 2.19 bits per heavy atom. The molecule has 0 spiro atoms. The highest BCUT2D eigenvalue weighted by atomic mass is 19.1. The van der Waals surface area contributed by atoms with Crippen molar-refractivity contribution < 1.29 is 18.4 Å². The first-order valence-corrected chi connectivity index (χ1v) is 6.27. The second kappa shape index (κ2) is 5.83. The smallest absolute Gasteiger partial charge is 0.221 e. The van der Waals surface area contributed by atoms with E-state index in [1.54, 1.807) is 0 Å². The number of nitrogens with one attached hydrogen (secondary N) is 1. The number of carbonyl (C=O) groups is 2. The molecule has 0 unspecified atom stereocenters. The summed E-state index contributed by atoms with van der Waals surface area (Å²) < 4.78 is 27.6. The SMILES string of the molecule is CC(=O)Nc1ccc(C(=O)c2c(F)ccc(C)c2F)cc1. The fraction of sp³-hybridized carbons (Fsp3) is 0.125. The van der Waals surface area contributed by atoms with Crippen LogP contribution in [-0.4, -0.2) is 11.7 Å². The van der Waals surface area contributed by atoms with Crippen molar-refractivity contribution in [1.29, 1.82) is 0 Å². The van der Waals surface area contributed by atoms with Crippen LogP contribution in [0, 0.1) is 18.6 Å². The summed E-state index contributed by atoms with van der Waals surface area (Å²) in [5.74, 6) is -2.73. The average molecular weight is 289 g/mol. The van der Waals surface area contributed by atoms with Crippen LogP contribution in [-0.2, 0) is 4.79 Å². The van der Waals surface area contributed by atoms with Crippen molar-refractivity contribution in [2.45, 2.75) is 13.8 Å². The summed E-state index contributed by atoms with van der Waals surface area (Å²) in [5.41, 5.74) is 0.286. The Kier molecular flexibility index (Phi) is 4.12. The molecule has 0 bridgehead atoms. The lowest BCUT2D eigenvalue weighted by atomic mass is 10.00. The first kappa shape index (κ1) is 14.8. The molecule has 0 heterocycles. The van der Waals surface area contributed by atoms with E-state index in [-0.39, 0.29) is 17.0 Å². The highest BCUT2D eigenvalue weighted by molar-refractivity contribution is 6.09. The summed E-state index contributed by atoms with van der Waals surface area (Å²) >= 11 is 0. The van der Waals surface area contributed by atoms with Gasteiger partial charge >= 0.3 is 0 Å². The van der Waals surface area contributed by atoms with Gasteiger partial charge in [0.2, 0.25) is 5.91 Å². The van der Waals surface area contributed by atoms with E-state index in [0.29, 0.717) is 5.69 Å². The maximum Gasteiger partial charge on any atom is 0.221 e. The molecule has 0 radical (unpaired) electrons. The quantitative estimate of drug-likeness (QED) is 0.879. The lowest BCUT2D eigenvalue weighted by molar-refractivity contribution is -0.114. The third kappa shape index (κ3) is 3.13. The molecule has 0 saturated heterocycles. The van der Waals surface area contributed by atoms with Crippen molar-refractivity contribution in [2.75, 3.05) is 5.32 Å². The Morgan fingerprint density at radius 2 is 1.62 bits per heavy atom. The number of hydrogen-bond donors (Lipinski definition) is 1. The molecule has 2 rings (SSSR count). The molecule has 1 N–H and O–H groups in total. The maximum atomic E-state index is 13.9. The largest absolute Gasteiger partial charge is 0.326 e. The van der Waals surface area contributed by atoms with Crippen LogP contribution >= 0.6 is 0 Å². The van der Waals surface area contributed by atoms with Gasteiger partial charge in [-0.15, -0.1) is 0 Å². The monoisotopic (exact) mass is 289 g/mol. The van der Waals surface area contributed by atoms with Gasteiger partial charge in [-0.1, -0.05) is 6.07 Å². The van der Waals surface area contributed by atoms with Gasteiger partial charge in [0.25, 0.3) is 0 Å². The number of aryl methyl sites for hydroxylation is 1. The van der Waals surface area contributed by atoms with E-state index in [9.17, 15) is 18.4 Å². The number of ketones is 1. The number of halogens is 2. The number of anilines is 1. The summed E-state index contributed by atoms with van der Waals surface area (Å²) in [7, 11) is 0. The van der Waals surface area contributed by atoms with Crippen molar-refractivity contribution >= 4 is 17.4 Å². The minimum Gasteiger partial charge on any atom is -0.326 e. The standard InChI is InChI=1S/C16H13F2NO2/c1-9-3-8-13(17)14(15(9)18)16(21)11-4-6-12(7-5-11)19-10(2)20/h3-8H,1-2H3,(H,19,20). The third-order valence-electron chi connectivity index (χ3n) is 2.98. The molecule has 0 saturated carbocycles. The summed E-state index contributed by atoms with van der Waals surface area (Å²) in [5, 5.41) is 2.54. The second-order valence-corrected chi connectivity index (χ2v) is 4.64. The molecule has 1 amide bonds.